The van der Waals surface area contributed by atoms with Gasteiger partial charge in [0.2, 0.25) is 10.0 Å². The minimum absolute atomic E-state index is 0.293. The van der Waals surface area contributed by atoms with Crippen molar-refractivity contribution in [2.45, 2.75) is 30.1 Å². The van der Waals surface area contributed by atoms with Crippen LogP contribution in [0.3, 0.4) is 0 Å². The molecule has 1 aliphatic rings. The van der Waals surface area contributed by atoms with Gasteiger partial charge in [0.1, 0.15) is 0 Å². The number of piperidine rings is 1. The first-order valence-corrected chi connectivity index (χ1v) is 13.1. The van der Waals surface area contributed by atoms with Crippen LogP contribution in [0.15, 0.2) is 90.1 Å². The molecule has 2 aromatic heterocycles. The second-order valence-electron chi connectivity index (χ2n) is 9.30. The summed E-state index contributed by atoms with van der Waals surface area (Å²) in [6.07, 6.45) is 5.66. The van der Waals surface area contributed by atoms with Crippen molar-refractivity contribution in [1.82, 2.24) is 14.3 Å². The van der Waals surface area contributed by atoms with Crippen molar-refractivity contribution in [2.75, 3.05) is 13.1 Å². The van der Waals surface area contributed by atoms with Crippen molar-refractivity contribution in [1.29, 1.82) is 0 Å². The van der Waals surface area contributed by atoms with Gasteiger partial charge in [-0.05, 0) is 55.2 Å². The summed E-state index contributed by atoms with van der Waals surface area (Å²) in [7, 11) is -3.53. The molecule has 0 saturated carbocycles. The Bertz CT molecular complexity index is 1510. The molecule has 1 fully saturated rings. The molecular weight excluding hydrogens is 442 g/mol. The van der Waals surface area contributed by atoms with Crippen LogP contribution in [0.1, 0.15) is 29.5 Å². The molecule has 0 bridgehead atoms. The third kappa shape index (κ3) is 3.21. The van der Waals surface area contributed by atoms with Crippen LogP contribution >= 0.6 is 0 Å². The molecule has 6 heteroatoms. The van der Waals surface area contributed by atoms with Gasteiger partial charge in [-0.15, -0.1) is 0 Å². The number of fused-ring (bicyclic) bond motifs is 2. The molecule has 5 nitrogen and oxygen atoms in total. The van der Waals surface area contributed by atoms with Crippen molar-refractivity contribution in [2.24, 2.45) is 0 Å². The highest BCUT2D eigenvalue weighted by molar-refractivity contribution is 7.89. The molecule has 0 unspecified atom stereocenters. The van der Waals surface area contributed by atoms with Gasteiger partial charge in [0.25, 0.3) is 0 Å². The van der Waals surface area contributed by atoms with Gasteiger partial charge in [-0.25, -0.2) is 8.42 Å². The zero-order valence-electron chi connectivity index (χ0n) is 19.1. The Morgan fingerprint density at radius 3 is 1.76 bits per heavy atom. The summed E-state index contributed by atoms with van der Waals surface area (Å²) in [4.78, 5) is 7.27. The number of para-hydroxylation sites is 2. The molecule has 3 aromatic carbocycles. The summed E-state index contributed by atoms with van der Waals surface area (Å²) >= 11 is 0. The molecule has 0 atom stereocenters. The number of nitrogens with zero attached hydrogens (tertiary/aromatic N) is 1. The first-order chi connectivity index (χ1) is 16.5. The average Bonchev–Trinajstić information content (AvgIpc) is 3.50. The number of rotatable bonds is 4. The molecule has 2 N–H and O–H groups in total. The van der Waals surface area contributed by atoms with Crippen LogP contribution in [-0.4, -0.2) is 35.8 Å². The number of aromatic amines is 2. The third-order valence-electron chi connectivity index (χ3n) is 7.44. The number of hydrogen-bond acceptors (Lipinski definition) is 2. The molecule has 0 radical (unpaired) electrons. The Kier molecular flexibility index (Phi) is 4.90. The smallest absolute Gasteiger partial charge is 0.243 e. The first-order valence-electron chi connectivity index (χ1n) is 11.7. The minimum Gasteiger partial charge on any atom is -0.361 e. The molecule has 0 spiro atoms. The van der Waals surface area contributed by atoms with Crippen LogP contribution < -0.4 is 0 Å². The van der Waals surface area contributed by atoms with Gasteiger partial charge < -0.3 is 9.97 Å². The Hall–Kier alpha value is -3.35. The lowest BCUT2D eigenvalue weighted by atomic mass is 9.68. The maximum Gasteiger partial charge on any atom is 0.243 e. The Labute approximate surface area is 199 Å². The van der Waals surface area contributed by atoms with Crippen LogP contribution in [0.2, 0.25) is 0 Å². The Morgan fingerprint density at radius 1 is 0.735 bits per heavy atom. The summed E-state index contributed by atoms with van der Waals surface area (Å²) in [6.45, 7) is 2.90. The molecule has 172 valence electrons. The number of nitrogens with one attached hydrogen (secondary N) is 2. The van der Waals surface area contributed by atoms with E-state index in [4.69, 9.17) is 0 Å². The fraction of sp³-hybridized carbons (Fsp3) is 0.214. The highest BCUT2D eigenvalue weighted by atomic mass is 32.2. The van der Waals surface area contributed by atoms with Crippen LogP contribution in [0.25, 0.3) is 21.8 Å². The number of hydrogen-bond donors (Lipinski definition) is 2. The van der Waals surface area contributed by atoms with E-state index < -0.39 is 10.0 Å². The maximum atomic E-state index is 13.4. The quantitative estimate of drug-likeness (QED) is 0.353. The fourth-order valence-electron chi connectivity index (χ4n) is 5.59. The lowest BCUT2D eigenvalue weighted by molar-refractivity contribution is 0.268. The van der Waals surface area contributed by atoms with Crippen LogP contribution in [0, 0.1) is 6.92 Å². The lowest BCUT2D eigenvalue weighted by Gasteiger charge is -2.41. The average molecular weight is 470 g/mol. The van der Waals surface area contributed by atoms with Gasteiger partial charge in [-0.3, -0.25) is 0 Å². The normalized spacial score (nSPS) is 16.9. The van der Waals surface area contributed by atoms with E-state index in [1.165, 1.54) is 21.9 Å². The molecule has 0 aliphatic carbocycles. The summed E-state index contributed by atoms with van der Waals surface area (Å²) in [5.41, 5.74) is 5.44. The van der Waals surface area contributed by atoms with Gasteiger partial charge in [0, 0.05) is 52.7 Å². The molecular formula is C28H27N3O2S. The Balaban J connectivity index is 1.45. The van der Waals surface area contributed by atoms with Crippen molar-refractivity contribution in [3.8, 4) is 0 Å². The second kappa shape index (κ2) is 7.86. The monoisotopic (exact) mass is 469 g/mol. The van der Waals surface area contributed by atoms with E-state index in [0.717, 1.165) is 16.6 Å². The first kappa shape index (κ1) is 21.2. The maximum absolute atomic E-state index is 13.4. The van der Waals surface area contributed by atoms with E-state index in [9.17, 15) is 8.42 Å². The number of H-pyrrole nitrogens is 2. The fourth-order valence-corrected chi connectivity index (χ4v) is 7.03. The van der Waals surface area contributed by atoms with Crippen LogP contribution in [0.5, 0.6) is 0 Å². The minimum atomic E-state index is -3.53. The van der Waals surface area contributed by atoms with E-state index in [2.05, 4.69) is 58.8 Å². The van der Waals surface area contributed by atoms with Crippen molar-refractivity contribution >= 4 is 31.8 Å². The topological polar surface area (TPSA) is 69.0 Å². The van der Waals surface area contributed by atoms with Crippen molar-refractivity contribution < 1.29 is 8.42 Å². The van der Waals surface area contributed by atoms with E-state index in [-0.39, 0.29) is 5.41 Å². The Morgan fingerprint density at radius 2 is 1.24 bits per heavy atom. The van der Waals surface area contributed by atoms with E-state index >= 15 is 0 Å². The highest BCUT2D eigenvalue weighted by Gasteiger charge is 2.43. The molecule has 5 aromatic rings. The highest BCUT2D eigenvalue weighted by Crippen LogP contribution is 2.47. The SMILES string of the molecule is Cc1ccc(S(=O)(=O)N2CCC(c3c[nH]c4ccccc34)(c3c[nH]c4ccccc34)CC2)cc1. The number of sulfonamides is 1. The number of aromatic nitrogens is 2. The summed E-state index contributed by atoms with van der Waals surface area (Å²) < 4.78 is 28.5. The van der Waals surface area contributed by atoms with Crippen molar-refractivity contribution in [3.63, 3.8) is 0 Å². The summed E-state index contributed by atoms with van der Waals surface area (Å²) in [6, 6.07) is 23.9. The van der Waals surface area contributed by atoms with Gasteiger partial charge in [0.05, 0.1) is 4.90 Å². The van der Waals surface area contributed by atoms with Crippen LogP contribution in [0.4, 0.5) is 0 Å². The third-order valence-corrected chi connectivity index (χ3v) is 9.36. The van der Waals surface area contributed by atoms with E-state index in [1.807, 2.05) is 31.2 Å². The predicted octanol–water partition coefficient (Wildman–Crippen LogP) is 5.73. The second-order valence-corrected chi connectivity index (χ2v) is 11.2. The number of benzene rings is 3. The van der Waals surface area contributed by atoms with Crippen molar-refractivity contribution in [3.05, 3.63) is 102 Å². The molecule has 0 amide bonds. The van der Waals surface area contributed by atoms with E-state index in [1.54, 1.807) is 16.4 Å². The zero-order chi connectivity index (χ0) is 23.3. The molecule has 1 aliphatic heterocycles. The largest absolute Gasteiger partial charge is 0.361 e. The molecule has 3 heterocycles. The predicted molar refractivity (Wildman–Crippen MR) is 137 cm³/mol. The lowest BCUT2D eigenvalue weighted by Crippen LogP contribution is -2.45. The van der Waals surface area contributed by atoms with Gasteiger partial charge in [-0.1, -0.05) is 54.1 Å². The zero-order valence-corrected chi connectivity index (χ0v) is 19.9. The van der Waals surface area contributed by atoms with Gasteiger partial charge >= 0.3 is 0 Å². The summed E-state index contributed by atoms with van der Waals surface area (Å²) in [5, 5.41) is 2.39. The number of aryl methyl sites for hydroxylation is 1. The molecule has 6 rings (SSSR count). The van der Waals surface area contributed by atoms with Crippen LogP contribution in [-0.2, 0) is 15.4 Å². The standard InChI is InChI=1S/C28H27N3O2S/c1-20-10-12-21(13-11-20)34(32,33)31-16-14-28(15-17-31,24-18-29-26-8-4-2-6-22(24)26)25-19-30-27-9-5-3-7-23(25)27/h2-13,18-19,29-30H,14-17H2,1H3. The molecule has 34 heavy (non-hydrogen) atoms. The van der Waals surface area contributed by atoms with Gasteiger partial charge in [-0.2, -0.15) is 4.31 Å². The molecule has 1 saturated heterocycles. The van der Waals surface area contributed by atoms with E-state index in [0.29, 0.717) is 30.8 Å². The summed E-state index contributed by atoms with van der Waals surface area (Å²) in [5.74, 6) is 0. The van der Waals surface area contributed by atoms with Gasteiger partial charge in [0.15, 0.2) is 0 Å².